The van der Waals surface area contributed by atoms with E-state index in [9.17, 15) is 0 Å². The molecule has 0 aliphatic heterocycles. The summed E-state index contributed by atoms with van der Waals surface area (Å²) in [7, 11) is 0. The average Bonchev–Trinajstić information content (AvgIpc) is 2.15. The van der Waals surface area contributed by atoms with Crippen molar-refractivity contribution >= 4 is 0 Å². The molecule has 0 rings (SSSR count). The quantitative estimate of drug-likeness (QED) is 0.686. The summed E-state index contributed by atoms with van der Waals surface area (Å²) >= 11 is 0. The lowest BCUT2D eigenvalue weighted by atomic mass is 10.2. The Labute approximate surface area is 97.4 Å². The van der Waals surface area contributed by atoms with Crippen molar-refractivity contribution in [3.8, 4) is 0 Å². The molecule has 94 valence electrons. The highest BCUT2D eigenvalue weighted by Crippen LogP contribution is 2.02. The Morgan fingerprint density at radius 1 is 0.933 bits per heavy atom. The van der Waals surface area contributed by atoms with Gasteiger partial charge in [-0.3, -0.25) is 4.90 Å². The maximum absolute atomic E-state index is 3.20. The molecule has 0 fully saturated rings. The van der Waals surface area contributed by atoms with Gasteiger partial charge < -0.3 is 5.32 Å². The fourth-order valence-corrected chi connectivity index (χ4v) is 1.68. The zero-order valence-electron chi connectivity index (χ0n) is 11.9. The number of nitrogens with zero attached hydrogens (tertiary/aromatic N) is 1. The molecule has 0 saturated carbocycles. The summed E-state index contributed by atoms with van der Waals surface area (Å²) < 4.78 is 0. The largest absolute Gasteiger partial charge is 0.317 e. The molecule has 0 aliphatic rings. The molecular formula is C13H32N2. The van der Waals surface area contributed by atoms with Crippen LogP contribution < -0.4 is 5.32 Å². The van der Waals surface area contributed by atoms with E-state index in [0.29, 0.717) is 12.1 Å². The minimum Gasteiger partial charge on any atom is -0.317 e. The molecule has 2 nitrogen and oxygen atoms in total. The van der Waals surface area contributed by atoms with Crippen molar-refractivity contribution in [2.45, 2.75) is 67.0 Å². The van der Waals surface area contributed by atoms with Gasteiger partial charge in [-0.1, -0.05) is 20.8 Å². The number of nitrogens with one attached hydrogen (secondary N) is 1. The van der Waals surface area contributed by atoms with E-state index in [1.54, 1.807) is 0 Å². The van der Waals surface area contributed by atoms with E-state index in [4.69, 9.17) is 0 Å². The fourth-order valence-electron chi connectivity index (χ4n) is 1.68. The highest BCUT2D eigenvalue weighted by Gasteiger charge is 2.08. The Hall–Kier alpha value is -0.0800. The van der Waals surface area contributed by atoms with Crippen LogP contribution in [0, 0.1) is 0 Å². The van der Waals surface area contributed by atoms with Crippen LogP contribution in [0.2, 0.25) is 0 Å². The second-order valence-corrected chi connectivity index (χ2v) is 4.37. The highest BCUT2D eigenvalue weighted by atomic mass is 15.2. The minimum atomic E-state index is 0.690. The van der Waals surface area contributed by atoms with Crippen molar-refractivity contribution in [1.29, 1.82) is 0 Å². The third kappa shape index (κ3) is 11.8. The first-order chi connectivity index (χ1) is 7.01. The average molecular weight is 216 g/mol. The minimum absolute atomic E-state index is 0.690. The summed E-state index contributed by atoms with van der Waals surface area (Å²) in [6.07, 6.45) is 1.24. The van der Waals surface area contributed by atoms with Crippen molar-refractivity contribution in [1.82, 2.24) is 10.2 Å². The first kappa shape index (κ1) is 17.3. The summed E-state index contributed by atoms with van der Waals surface area (Å²) in [5.41, 5.74) is 0. The monoisotopic (exact) mass is 216 g/mol. The molecule has 0 aromatic rings. The molecule has 0 amide bonds. The number of rotatable bonds is 6. The summed E-state index contributed by atoms with van der Waals surface area (Å²) in [6, 6.07) is 1.38. The van der Waals surface area contributed by atoms with Gasteiger partial charge in [0, 0.05) is 12.1 Å². The van der Waals surface area contributed by atoms with Gasteiger partial charge >= 0.3 is 0 Å². The maximum atomic E-state index is 3.20. The van der Waals surface area contributed by atoms with Crippen molar-refractivity contribution in [3.63, 3.8) is 0 Å². The Bertz CT molecular complexity index is 99.1. The molecule has 0 saturated heterocycles. The molecule has 1 N–H and O–H groups in total. The molecule has 0 aromatic carbocycles. The topological polar surface area (TPSA) is 15.3 Å². The van der Waals surface area contributed by atoms with Gasteiger partial charge in [0.15, 0.2) is 0 Å². The Morgan fingerprint density at radius 2 is 1.40 bits per heavy atom. The molecule has 15 heavy (non-hydrogen) atoms. The predicted molar refractivity (Wildman–Crippen MR) is 71.5 cm³/mol. The molecule has 0 bridgehead atoms. The van der Waals surface area contributed by atoms with Crippen LogP contribution in [0.1, 0.15) is 54.9 Å². The van der Waals surface area contributed by atoms with Crippen LogP contribution in [0.15, 0.2) is 0 Å². The maximum Gasteiger partial charge on any atom is 0.00411 e. The van der Waals surface area contributed by atoms with Gasteiger partial charge in [-0.2, -0.15) is 0 Å². The van der Waals surface area contributed by atoms with Gasteiger partial charge in [-0.05, 0) is 53.8 Å². The second kappa shape index (κ2) is 12.0. The molecule has 0 aliphatic carbocycles. The summed E-state index contributed by atoms with van der Waals surface area (Å²) in [6.45, 7) is 18.9. The van der Waals surface area contributed by atoms with Crippen LogP contribution in [0.3, 0.4) is 0 Å². The summed E-state index contributed by atoms with van der Waals surface area (Å²) in [5.74, 6) is 0. The van der Waals surface area contributed by atoms with Gasteiger partial charge in [0.25, 0.3) is 0 Å². The van der Waals surface area contributed by atoms with Crippen molar-refractivity contribution < 1.29 is 0 Å². The fraction of sp³-hybridized carbons (Fsp3) is 1.00. The van der Waals surface area contributed by atoms with Crippen LogP contribution in [0.25, 0.3) is 0 Å². The number of hydrogen-bond acceptors (Lipinski definition) is 2. The third-order valence-electron chi connectivity index (χ3n) is 2.37. The lowest BCUT2D eigenvalue weighted by Crippen LogP contribution is -2.36. The number of hydrogen-bond donors (Lipinski definition) is 1. The van der Waals surface area contributed by atoms with E-state index < -0.39 is 0 Å². The molecule has 0 aromatic heterocycles. The molecule has 0 spiro atoms. The van der Waals surface area contributed by atoms with Gasteiger partial charge in [0.05, 0.1) is 0 Å². The van der Waals surface area contributed by atoms with Crippen LogP contribution in [0.4, 0.5) is 0 Å². The van der Waals surface area contributed by atoms with E-state index in [0.717, 1.165) is 19.6 Å². The Kier molecular flexibility index (Phi) is 13.8. The smallest absolute Gasteiger partial charge is 0.00411 e. The third-order valence-corrected chi connectivity index (χ3v) is 2.37. The molecule has 0 unspecified atom stereocenters. The van der Waals surface area contributed by atoms with Crippen LogP contribution >= 0.6 is 0 Å². The molecule has 0 atom stereocenters. The van der Waals surface area contributed by atoms with Crippen LogP contribution in [-0.2, 0) is 0 Å². The van der Waals surface area contributed by atoms with Crippen molar-refractivity contribution in [3.05, 3.63) is 0 Å². The van der Waals surface area contributed by atoms with Gasteiger partial charge in [-0.15, -0.1) is 0 Å². The zero-order chi connectivity index (χ0) is 12.3. The van der Waals surface area contributed by atoms with Gasteiger partial charge in [0.1, 0.15) is 0 Å². The lowest BCUT2D eigenvalue weighted by molar-refractivity contribution is 0.185. The zero-order valence-corrected chi connectivity index (χ0v) is 11.9. The normalized spacial score (nSPS) is 10.8. The van der Waals surface area contributed by atoms with Crippen LogP contribution in [-0.4, -0.2) is 36.6 Å². The Morgan fingerprint density at radius 3 is 1.47 bits per heavy atom. The second-order valence-electron chi connectivity index (χ2n) is 4.37. The van der Waals surface area contributed by atoms with Crippen molar-refractivity contribution in [2.24, 2.45) is 0 Å². The standard InChI is InChI=1S/C8H19N.C5H13N/c1-6-9(7(2)3)8(4)5;1-3-5-6-4-2/h7-8H,6H2,1-5H3;6H,3-5H2,1-2H3. The Balaban J connectivity index is 0. The molecule has 0 radical (unpaired) electrons. The van der Waals surface area contributed by atoms with E-state index >= 15 is 0 Å². The first-order valence-electron chi connectivity index (χ1n) is 6.47. The predicted octanol–water partition coefficient (Wildman–Crippen LogP) is 3.13. The molecule has 0 heterocycles. The molecular weight excluding hydrogens is 184 g/mol. The van der Waals surface area contributed by atoms with E-state index in [1.807, 2.05) is 0 Å². The van der Waals surface area contributed by atoms with Crippen LogP contribution in [0.5, 0.6) is 0 Å². The van der Waals surface area contributed by atoms with Gasteiger partial charge in [-0.25, -0.2) is 0 Å². The summed E-state index contributed by atoms with van der Waals surface area (Å²) in [4.78, 5) is 2.46. The lowest BCUT2D eigenvalue weighted by Gasteiger charge is -2.28. The first-order valence-corrected chi connectivity index (χ1v) is 6.47. The highest BCUT2D eigenvalue weighted by molar-refractivity contribution is 4.64. The van der Waals surface area contributed by atoms with Gasteiger partial charge in [0.2, 0.25) is 0 Å². The van der Waals surface area contributed by atoms with Crippen molar-refractivity contribution in [2.75, 3.05) is 19.6 Å². The molecule has 2 heteroatoms. The summed E-state index contributed by atoms with van der Waals surface area (Å²) in [5, 5.41) is 3.20. The van der Waals surface area contributed by atoms with E-state index in [-0.39, 0.29) is 0 Å². The SMILES string of the molecule is CCCNCC.CCN(C(C)C)C(C)C. The van der Waals surface area contributed by atoms with E-state index in [1.165, 1.54) is 6.42 Å². The van der Waals surface area contributed by atoms with E-state index in [2.05, 4.69) is 58.7 Å².